The van der Waals surface area contributed by atoms with Crippen LogP contribution in [0.25, 0.3) is 0 Å². The molecule has 2 unspecified atom stereocenters. The lowest BCUT2D eigenvalue weighted by atomic mass is 9.85. The zero-order valence-corrected chi connectivity index (χ0v) is 12.4. The van der Waals surface area contributed by atoms with Crippen LogP contribution in [0.4, 0.5) is 0 Å². The van der Waals surface area contributed by atoms with Crippen LogP contribution in [0, 0.1) is 0 Å². The van der Waals surface area contributed by atoms with E-state index in [1.807, 2.05) is 0 Å². The average molecular weight is 267 g/mol. The summed E-state index contributed by atoms with van der Waals surface area (Å²) in [5.41, 5.74) is 1.20. The minimum Gasteiger partial charge on any atom is -0.391 e. The van der Waals surface area contributed by atoms with Crippen molar-refractivity contribution in [2.45, 2.75) is 57.6 Å². The Morgan fingerprint density at radius 3 is 2.67 bits per heavy atom. The van der Waals surface area contributed by atoms with Gasteiger partial charge in [0.1, 0.15) is 0 Å². The van der Waals surface area contributed by atoms with Crippen molar-refractivity contribution in [3.63, 3.8) is 0 Å². The van der Waals surface area contributed by atoms with E-state index >= 15 is 0 Å². The summed E-state index contributed by atoms with van der Waals surface area (Å²) in [7, 11) is 0. The van der Waals surface area contributed by atoms with Crippen LogP contribution in [0.2, 0.25) is 0 Å². The fraction of sp³-hybridized carbons (Fsp3) is 0.733. The van der Waals surface area contributed by atoms with E-state index in [-0.39, 0.29) is 11.6 Å². The molecule has 0 bridgehead atoms. The molecule has 1 aromatic rings. The normalized spacial score (nSPS) is 22.6. The molecule has 2 rings (SSSR count). The van der Waals surface area contributed by atoms with Gasteiger partial charge in [0.15, 0.2) is 0 Å². The highest BCUT2D eigenvalue weighted by Gasteiger charge is 2.37. The van der Waals surface area contributed by atoms with Gasteiger partial charge in [0.2, 0.25) is 0 Å². The summed E-state index contributed by atoms with van der Waals surface area (Å²) in [6.45, 7) is 6.72. The highest BCUT2D eigenvalue weighted by molar-refractivity contribution is 7.07. The molecule has 3 heteroatoms. The van der Waals surface area contributed by atoms with E-state index in [1.165, 1.54) is 24.8 Å². The van der Waals surface area contributed by atoms with Crippen molar-refractivity contribution in [3.8, 4) is 0 Å². The fourth-order valence-electron chi connectivity index (χ4n) is 2.93. The first kappa shape index (κ1) is 14.0. The molecule has 1 N–H and O–H groups in total. The van der Waals surface area contributed by atoms with Crippen LogP contribution < -0.4 is 0 Å². The van der Waals surface area contributed by atoms with Gasteiger partial charge in [-0.05, 0) is 61.7 Å². The van der Waals surface area contributed by atoms with Crippen molar-refractivity contribution in [2.24, 2.45) is 0 Å². The van der Waals surface area contributed by atoms with Gasteiger partial charge in [0, 0.05) is 12.0 Å². The number of rotatable bonds is 5. The van der Waals surface area contributed by atoms with Gasteiger partial charge in [-0.25, -0.2) is 0 Å². The lowest BCUT2D eigenvalue weighted by molar-refractivity contribution is -0.0328. The molecule has 1 aromatic heterocycles. The minimum absolute atomic E-state index is 0.0671. The quantitative estimate of drug-likeness (QED) is 0.885. The first-order chi connectivity index (χ1) is 8.66. The zero-order valence-electron chi connectivity index (χ0n) is 11.6. The van der Waals surface area contributed by atoms with Crippen LogP contribution in [0.1, 0.15) is 45.1 Å². The summed E-state index contributed by atoms with van der Waals surface area (Å²) >= 11 is 1.71. The maximum Gasteiger partial charge on any atom is 0.0761 e. The molecule has 0 radical (unpaired) electrons. The predicted molar refractivity (Wildman–Crippen MR) is 78.1 cm³/mol. The molecule has 0 spiro atoms. The molecule has 1 aliphatic rings. The van der Waals surface area contributed by atoms with Crippen molar-refractivity contribution < 1.29 is 5.11 Å². The average Bonchev–Trinajstić information content (AvgIpc) is 2.91. The molecule has 2 nitrogen and oxygen atoms in total. The molecule has 18 heavy (non-hydrogen) atoms. The van der Waals surface area contributed by atoms with Gasteiger partial charge in [0.25, 0.3) is 0 Å². The number of aliphatic hydroxyl groups is 1. The molecular formula is C15H25NOS. The van der Waals surface area contributed by atoms with Gasteiger partial charge in [0.05, 0.1) is 6.10 Å². The number of hydrogen-bond donors (Lipinski definition) is 1. The van der Waals surface area contributed by atoms with Crippen molar-refractivity contribution in [1.29, 1.82) is 0 Å². The second-order valence-corrected chi connectivity index (χ2v) is 6.39. The molecule has 0 aromatic carbocycles. The number of nitrogens with zero attached hydrogens (tertiary/aromatic N) is 1. The topological polar surface area (TPSA) is 23.5 Å². The van der Waals surface area contributed by atoms with Gasteiger partial charge >= 0.3 is 0 Å². The monoisotopic (exact) mass is 267 g/mol. The number of thiophene rings is 1. The van der Waals surface area contributed by atoms with Crippen molar-refractivity contribution in [1.82, 2.24) is 4.90 Å². The lowest BCUT2D eigenvalue weighted by Crippen LogP contribution is -2.56. The smallest absolute Gasteiger partial charge is 0.0761 e. The van der Waals surface area contributed by atoms with Crippen LogP contribution in [0.3, 0.4) is 0 Å². The van der Waals surface area contributed by atoms with Crippen LogP contribution in [-0.2, 0) is 6.42 Å². The highest BCUT2D eigenvalue weighted by Crippen LogP contribution is 2.29. The first-order valence-corrected chi connectivity index (χ1v) is 8.05. The number of hydrogen-bond acceptors (Lipinski definition) is 3. The van der Waals surface area contributed by atoms with Crippen LogP contribution in [0.15, 0.2) is 16.8 Å². The van der Waals surface area contributed by atoms with Crippen molar-refractivity contribution in [3.05, 3.63) is 22.4 Å². The predicted octanol–water partition coefficient (Wildman–Crippen LogP) is 3.31. The molecule has 2 atom stereocenters. The lowest BCUT2D eigenvalue weighted by Gasteiger charge is -2.46. The number of likely N-dealkylation sites (tertiary alicyclic amines) is 1. The third-order valence-corrected chi connectivity index (χ3v) is 5.25. The molecule has 1 fully saturated rings. The maximum atomic E-state index is 10.7. The van der Waals surface area contributed by atoms with E-state index in [2.05, 4.69) is 35.6 Å². The second-order valence-electron chi connectivity index (χ2n) is 5.61. The highest BCUT2D eigenvalue weighted by atomic mass is 32.1. The Morgan fingerprint density at radius 2 is 2.11 bits per heavy atom. The molecule has 102 valence electrons. The molecule has 0 aliphatic carbocycles. The summed E-state index contributed by atoms with van der Waals surface area (Å²) in [4.78, 5) is 2.51. The summed E-state index contributed by atoms with van der Waals surface area (Å²) in [5.74, 6) is 0. The molecule has 0 saturated carbocycles. The van der Waals surface area contributed by atoms with Crippen LogP contribution in [0.5, 0.6) is 0 Å². The summed E-state index contributed by atoms with van der Waals surface area (Å²) in [6, 6.07) is 2.13. The summed E-state index contributed by atoms with van der Waals surface area (Å²) < 4.78 is 0. The molecule has 1 aliphatic heterocycles. The SMILES string of the molecule is CCC(C)(C(O)Cc1ccsc1)N1CCCCC1. The molecular weight excluding hydrogens is 242 g/mol. The van der Waals surface area contributed by atoms with E-state index in [0.717, 1.165) is 25.9 Å². The minimum atomic E-state index is -0.268. The van der Waals surface area contributed by atoms with E-state index in [1.54, 1.807) is 11.3 Å². The van der Waals surface area contributed by atoms with Gasteiger partial charge in [-0.1, -0.05) is 13.3 Å². The number of piperidine rings is 1. The number of aliphatic hydroxyl groups excluding tert-OH is 1. The Bertz CT molecular complexity index is 345. The van der Waals surface area contributed by atoms with Crippen molar-refractivity contribution >= 4 is 11.3 Å². The van der Waals surface area contributed by atoms with Gasteiger partial charge in [-0.2, -0.15) is 11.3 Å². The van der Waals surface area contributed by atoms with Gasteiger partial charge < -0.3 is 5.11 Å². The molecule has 0 amide bonds. The zero-order chi connectivity index (χ0) is 13.0. The van der Waals surface area contributed by atoms with E-state index in [9.17, 15) is 5.11 Å². The largest absolute Gasteiger partial charge is 0.391 e. The third kappa shape index (κ3) is 2.95. The molecule has 1 saturated heterocycles. The second kappa shape index (κ2) is 6.18. The Kier molecular flexibility index (Phi) is 4.82. The Morgan fingerprint density at radius 1 is 1.39 bits per heavy atom. The fourth-order valence-corrected chi connectivity index (χ4v) is 3.61. The molecule has 2 heterocycles. The Balaban J connectivity index is 2.04. The van der Waals surface area contributed by atoms with E-state index < -0.39 is 0 Å². The van der Waals surface area contributed by atoms with Crippen LogP contribution >= 0.6 is 11.3 Å². The Labute approximate surface area is 115 Å². The Hall–Kier alpha value is -0.380. The van der Waals surface area contributed by atoms with E-state index in [0.29, 0.717) is 0 Å². The maximum absolute atomic E-state index is 10.7. The first-order valence-electron chi connectivity index (χ1n) is 7.11. The summed E-state index contributed by atoms with van der Waals surface area (Å²) in [6.07, 6.45) is 5.43. The van der Waals surface area contributed by atoms with Crippen molar-refractivity contribution in [2.75, 3.05) is 13.1 Å². The van der Waals surface area contributed by atoms with Gasteiger partial charge in [-0.15, -0.1) is 0 Å². The third-order valence-electron chi connectivity index (χ3n) is 4.52. The standard InChI is InChI=1S/C15H25NOS/c1-3-15(2,16-8-5-4-6-9-16)14(17)11-13-7-10-18-12-13/h7,10,12,14,17H,3-6,8-9,11H2,1-2H3. The summed E-state index contributed by atoms with van der Waals surface area (Å²) in [5, 5.41) is 14.9. The van der Waals surface area contributed by atoms with Gasteiger partial charge in [-0.3, -0.25) is 4.90 Å². The van der Waals surface area contributed by atoms with E-state index in [4.69, 9.17) is 0 Å². The van der Waals surface area contributed by atoms with Crippen LogP contribution in [-0.4, -0.2) is 34.7 Å².